The molecule has 0 aliphatic carbocycles. The average molecular weight is 380 g/mol. The second kappa shape index (κ2) is 9.64. The highest BCUT2D eigenvalue weighted by Crippen LogP contribution is 2.17. The van der Waals surface area contributed by atoms with Crippen LogP contribution < -0.4 is 4.74 Å². The van der Waals surface area contributed by atoms with Gasteiger partial charge in [0, 0.05) is 30.3 Å². The Morgan fingerprint density at radius 1 is 1.26 bits per heavy atom. The minimum absolute atomic E-state index is 0.324. The second-order valence-electron chi connectivity index (χ2n) is 5.83. The van der Waals surface area contributed by atoms with E-state index < -0.39 is 0 Å². The number of hydrogen-bond donors (Lipinski definition) is 0. The zero-order valence-corrected chi connectivity index (χ0v) is 15.8. The Kier molecular flexibility index (Phi) is 6.71. The standard InChI is InChI=1S/C21H20N2O3S/c1-16-23-19(15-27-16)14-26-20-6-2-4-17(12-20)7-8-21(24)25-11-9-18-5-3-10-22-13-18/h2-8,10,12-13,15H,9,11,14H2,1H3/b8-7+. The van der Waals surface area contributed by atoms with Crippen LogP contribution in [0.1, 0.15) is 21.8 Å². The van der Waals surface area contributed by atoms with Gasteiger partial charge in [-0.25, -0.2) is 9.78 Å². The lowest BCUT2D eigenvalue weighted by atomic mass is 10.2. The molecule has 0 amide bonds. The smallest absolute Gasteiger partial charge is 0.330 e. The molecule has 0 saturated heterocycles. The second-order valence-corrected chi connectivity index (χ2v) is 6.89. The van der Waals surface area contributed by atoms with Gasteiger partial charge in [0.25, 0.3) is 0 Å². The molecule has 0 saturated carbocycles. The van der Waals surface area contributed by atoms with Crippen molar-refractivity contribution in [3.63, 3.8) is 0 Å². The molecule has 3 rings (SSSR count). The van der Waals surface area contributed by atoms with Gasteiger partial charge in [-0.3, -0.25) is 4.98 Å². The van der Waals surface area contributed by atoms with E-state index in [9.17, 15) is 4.79 Å². The van der Waals surface area contributed by atoms with Crippen LogP contribution in [0.5, 0.6) is 5.75 Å². The van der Waals surface area contributed by atoms with Crippen LogP contribution in [-0.4, -0.2) is 22.5 Å². The number of aromatic nitrogens is 2. The van der Waals surface area contributed by atoms with E-state index in [1.807, 2.05) is 48.7 Å². The fraction of sp³-hybridized carbons (Fsp3) is 0.190. The fourth-order valence-electron chi connectivity index (χ4n) is 2.37. The third-order valence-corrected chi connectivity index (χ3v) is 4.50. The molecule has 0 N–H and O–H groups in total. The van der Waals surface area contributed by atoms with Gasteiger partial charge in [0.2, 0.25) is 0 Å². The van der Waals surface area contributed by atoms with Gasteiger partial charge in [-0.05, 0) is 42.3 Å². The Morgan fingerprint density at radius 3 is 2.96 bits per heavy atom. The number of rotatable bonds is 8. The summed E-state index contributed by atoms with van der Waals surface area (Å²) in [4.78, 5) is 20.2. The molecule has 27 heavy (non-hydrogen) atoms. The van der Waals surface area contributed by atoms with Crippen LogP contribution in [0.4, 0.5) is 0 Å². The molecule has 0 aliphatic heterocycles. The van der Waals surface area contributed by atoms with Crippen molar-refractivity contribution in [3.8, 4) is 5.75 Å². The van der Waals surface area contributed by atoms with Crippen molar-refractivity contribution in [2.75, 3.05) is 6.61 Å². The van der Waals surface area contributed by atoms with Gasteiger partial charge in [-0.1, -0.05) is 18.2 Å². The molecular weight excluding hydrogens is 360 g/mol. The molecular formula is C21H20N2O3S. The first kappa shape index (κ1) is 18.8. The number of thiazole rings is 1. The largest absolute Gasteiger partial charge is 0.487 e. The molecule has 2 heterocycles. The van der Waals surface area contributed by atoms with E-state index in [0.29, 0.717) is 19.6 Å². The molecule has 0 fully saturated rings. The summed E-state index contributed by atoms with van der Waals surface area (Å²) in [5.74, 6) is 0.357. The Morgan fingerprint density at radius 2 is 2.19 bits per heavy atom. The van der Waals surface area contributed by atoms with Crippen molar-refractivity contribution in [2.45, 2.75) is 20.0 Å². The lowest BCUT2D eigenvalue weighted by Gasteiger charge is -2.05. The van der Waals surface area contributed by atoms with E-state index in [0.717, 1.165) is 27.6 Å². The number of nitrogens with zero attached hydrogens (tertiary/aromatic N) is 2. The zero-order valence-electron chi connectivity index (χ0n) is 15.0. The number of esters is 1. The van der Waals surface area contributed by atoms with Crippen LogP contribution >= 0.6 is 11.3 Å². The highest BCUT2D eigenvalue weighted by Gasteiger charge is 2.02. The number of carbonyl (C=O) groups is 1. The van der Waals surface area contributed by atoms with E-state index >= 15 is 0 Å². The summed E-state index contributed by atoms with van der Waals surface area (Å²) in [5.41, 5.74) is 2.82. The van der Waals surface area contributed by atoms with Crippen molar-refractivity contribution in [1.29, 1.82) is 0 Å². The van der Waals surface area contributed by atoms with Gasteiger partial charge in [0.15, 0.2) is 0 Å². The maximum atomic E-state index is 11.8. The first-order chi connectivity index (χ1) is 13.2. The van der Waals surface area contributed by atoms with Crippen LogP contribution in [0.25, 0.3) is 6.08 Å². The van der Waals surface area contributed by atoms with Gasteiger partial charge in [0.1, 0.15) is 12.4 Å². The Labute approximate surface area is 162 Å². The van der Waals surface area contributed by atoms with Gasteiger partial charge in [-0.2, -0.15) is 0 Å². The predicted octanol–water partition coefficient (Wildman–Crippen LogP) is 4.22. The maximum absolute atomic E-state index is 11.8. The van der Waals surface area contributed by atoms with E-state index in [1.165, 1.54) is 6.08 Å². The summed E-state index contributed by atoms with van der Waals surface area (Å²) in [6.07, 6.45) is 7.27. The van der Waals surface area contributed by atoms with Crippen LogP contribution in [0.3, 0.4) is 0 Å². The molecule has 5 nitrogen and oxygen atoms in total. The predicted molar refractivity (Wildman–Crippen MR) is 106 cm³/mol. The van der Waals surface area contributed by atoms with Gasteiger partial charge in [0.05, 0.1) is 17.3 Å². The average Bonchev–Trinajstić information content (AvgIpc) is 3.11. The summed E-state index contributed by atoms with van der Waals surface area (Å²) in [6, 6.07) is 11.4. The molecule has 0 spiro atoms. The van der Waals surface area contributed by atoms with E-state index in [1.54, 1.807) is 29.8 Å². The molecule has 6 heteroatoms. The van der Waals surface area contributed by atoms with E-state index in [2.05, 4.69) is 9.97 Å². The quantitative estimate of drug-likeness (QED) is 0.432. The highest BCUT2D eigenvalue weighted by atomic mass is 32.1. The topological polar surface area (TPSA) is 61.3 Å². The van der Waals surface area contributed by atoms with E-state index in [4.69, 9.17) is 9.47 Å². The summed E-state index contributed by atoms with van der Waals surface area (Å²) < 4.78 is 11.0. The molecule has 0 atom stereocenters. The normalized spacial score (nSPS) is 10.9. The van der Waals surface area contributed by atoms with Crippen molar-refractivity contribution >= 4 is 23.4 Å². The molecule has 0 aliphatic rings. The molecule has 0 unspecified atom stereocenters. The number of ether oxygens (including phenoxy) is 2. The first-order valence-electron chi connectivity index (χ1n) is 8.57. The lowest BCUT2D eigenvalue weighted by Crippen LogP contribution is -2.04. The third-order valence-electron chi connectivity index (χ3n) is 3.68. The fourth-order valence-corrected chi connectivity index (χ4v) is 2.96. The molecule has 138 valence electrons. The number of carbonyl (C=O) groups excluding carboxylic acids is 1. The minimum Gasteiger partial charge on any atom is -0.487 e. The van der Waals surface area contributed by atoms with Gasteiger partial charge in [-0.15, -0.1) is 11.3 Å². The van der Waals surface area contributed by atoms with Crippen molar-refractivity contribution in [2.24, 2.45) is 0 Å². The first-order valence-corrected chi connectivity index (χ1v) is 9.44. The highest BCUT2D eigenvalue weighted by molar-refractivity contribution is 7.09. The molecule has 3 aromatic rings. The number of hydrogen-bond acceptors (Lipinski definition) is 6. The Hall–Kier alpha value is -2.99. The van der Waals surface area contributed by atoms with Crippen molar-refractivity contribution in [3.05, 3.63) is 82.1 Å². The van der Waals surface area contributed by atoms with Crippen LogP contribution in [-0.2, 0) is 22.6 Å². The molecule has 0 radical (unpaired) electrons. The summed E-state index contributed by atoms with van der Waals surface area (Å²) in [6.45, 7) is 2.72. The van der Waals surface area contributed by atoms with Crippen LogP contribution in [0, 0.1) is 6.92 Å². The minimum atomic E-state index is -0.372. The number of aryl methyl sites for hydroxylation is 1. The number of benzene rings is 1. The molecule has 1 aromatic carbocycles. The summed E-state index contributed by atoms with van der Waals surface area (Å²) in [7, 11) is 0. The van der Waals surface area contributed by atoms with Crippen LogP contribution in [0.15, 0.2) is 60.2 Å². The summed E-state index contributed by atoms with van der Waals surface area (Å²) in [5, 5.41) is 3.01. The Bertz CT molecular complexity index is 907. The van der Waals surface area contributed by atoms with Crippen molar-refractivity contribution < 1.29 is 14.3 Å². The molecule has 2 aromatic heterocycles. The number of pyridine rings is 1. The molecule has 0 bridgehead atoms. The van der Waals surface area contributed by atoms with Crippen molar-refractivity contribution in [1.82, 2.24) is 9.97 Å². The maximum Gasteiger partial charge on any atom is 0.330 e. The summed E-state index contributed by atoms with van der Waals surface area (Å²) >= 11 is 1.60. The monoisotopic (exact) mass is 380 g/mol. The van der Waals surface area contributed by atoms with Gasteiger partial charge >= 0.3 is 5.97 Å². The Balaban J connectivity index is 1.47. The third kappa shape index (κ3) is 6.34. The van der Waals surface area contributed by atoms with Gasteiger partial charge < -0.3 is 9.47 Å². The SMILES string of the molecule is Cc1nc(COc2cccc(/C=C/C(=O)OCCc3cccnc3)c2)cs1. The lowest BCUT2D eigenvalue weighted by molar-refractivity contribution is -0.137. The van der Waals surface area contributed by atoms with E-state index in [-0.39, 0.29) is 5.97 Å². The zero-order chi connectivity index (χ0) is 18.9. The van der Waals surface area contributed by atoms with Crippen LogP contribution in [0.2, 0.25) is 0 Å².